The smallest absolute Gasteiger partial charge is 0.422 e. The standard InChI is InChI=1S/2C17H12F3N3O.H2O4S.4H2O/c2*18-17(19,20)13-6-3-5-12-14(8-9-21-16(12)13)23-22-10-11-4-1-2-7-15(11)24;1-5(2,3)4;;;;/h2*1-10,24H,(H,21,23);(H2,1,2,3,4);4*1H2/b2*22-10+;;;;;. The molecule has 0 aliphatic carbocycles. The Hall–Kier alpha value is -6.47. The second kappa shape index (κ2) is 21.6. The monoisotopic (exact) mass is 832 g/mol. The Morgan fingerprint density at radius 3 is 1.21 bits per heavy atom. The van der Waals surface area contributed by atoms with E-state index in [2.05, 4.69) is 31.0 Å². The van der Waals surface area contributed by atoms with E-state index in [0.29, 0.717) is 33.3 Å². The van der Waals surface area contributed by atoms with Gasteiger partial charge in [0, 0.05) is 33.7 Å². The van der Waals surface area contributed by atoms with Gasteiger partial charge < -0.3 is 41.2 Å². The fraction of sp³-hybridized carbons (Fsp3) is 0.0588. The number of hydrazone groups is 2. The van der Waals surface area contributed by atoms with E-state index in [0.717, 1.165) is 12.1 Å². The number of fused-ring (bicyclic) bond motifs is 2. The van der Waals surface area contributed by atoms with Crippen LogP contribution in [0.2, 0.25) is 0 Å². The van der Waals surface area contributed by atoms with Gasteiger partial charge in [0.1, 0.15) is 22.6 Å². The maximum Gasteiger partial charge on any atom is 0.422 e. The lowest BCUT2D eigenvalue weighted by Gasteiger charge is -2.08. The van der Waals surface area contributed by atoms with Crippen molar-refractivity contribution in [2.75, 3.05) is 10.9 Å². The number of aromatic hydroxyl groups is 2. The van der Waals surface area contributed by atoms with Crippen molar-refractivity contribution in [2.45, 2.75) is 12.4 Å². The summed E-state index contributed by atoms with van der Waals surface area (Å²) in [4.78, 5) is 5.26. The van der Waals surface area contributed by atoms with Crippen LogP contribution in [0.5, 0.6) is 11.5 Å². The number of nitrogens with zero attached hydrogens (tertiary/aromatic N) is 2. The molecule has 0 unspecified atom stereocenters. The van der Waals surface area contributed by atoms with Crippen LogP contribution in [0.3, 0.4) is 0 Å². The molecule has 0 spiro atoms. The molecule has 0 aliphatic heterocycles. The normalized spacial score (nSPS) is 11.1. The maximum absolute atomic E-state index is 13.1. The number of alkyl halides is 6. The number of aromatic amines is 2. The largest absolute Gasteiger partial charge is 0.759 e. The number of phenolic OH excluding ortho intramolecular Hbond substituents is 2. The van der Waals surface area contributed by atoms with Gasteiger partial charge in [0.25, 0.3) is 0 Å². The first kappa shape index (κ1) is 50.5. The molecule has 6 aromatic rings. The van der Waals surface area contributed by atoms with Crippen molar-refractivity contribution in [2.24, 2.45) is 10.2 Å². The number of hydrogen-bond acceptors (Lipinski definition) is 10. The molecule has 308 valence electrons. The number of phenols is 2. The van der Waals surface area contributed by atoms with Gasteiger partial charge in [-0.2, -0.15) is 36.5 Å². The molecule has 2 aromatic heterocycles. The van der Waals surface area contributed by atoms with Gasteiger partial charge in [0.2, 0.25) is 11.0 Å². The van der Waals surface area contributed by atoms with Crippen molar-refractivity contribution in [1.29, 1.82) is 0 Å². The lowest BCUT2D eigenvalue weighted by atomic mass is 10.1. The van der Waals surface area contributed by atoms with Crippen LogP contribution in [-0.2, 0) is 22.8 Å². The van der Waals surface area contributed by atoms with Crippen LogP contribution < -0.4 is 20.8 Å². The van der Waals surface area contributed by atoms with E-state index in [1.54, 1.807) is 60.7 Å². The second-order valence-electron chi connectivity index (χ2n) is 10.5. The highest BCUT2D eigenvalue weighted by molar-refractivity contribution is 7.79. The summed E-state index contributed by atoms with van der Waals surface area (Å²) in [7, 11) is -5.17. The molecule has 4 aromatic carbocycles. The molecule has 16 nitrogen and oxygen atoms in total. The minimum absolute atomic E-state index is 0. The van der Waals surface area contributed by atoms with Gasteiger partial charge >= 0.3 is 12.4 Å². The average molecular weight is 833 g/mol. The Labute approximate surface area is 318 Å². The molecule has 14 N–H and O–H groups in total. The first-order valence-corrected chi connectivity index (χ1v) is 16.1. The fourth-order valence-electron chi connectivity index (χ4n) is 4.66. The number of nitrogens with one attached hydrogen (secondary N) is 4. The lowest BCUT2D eigenvalue weighted by Crippen LogP contribution is -2.13. The molecular weight excluding hydrogens is 798 g/mol. The highest BCUT2D eigenvalue weighted by atomic mass is 32.3. The number of benzene rings is 4. The fourth-order valence-corrected chi connectivity index (χ4v) is 4.66. The van der Waals surface area contributed by atoms with Crippen molar-refractivity contribution in [3.05, 3.63) is 132 Å². The number of para-hydroxylation sites is 4. The number of aromatic nitrogens is 2. The van der Waals surface area contributed by atoms with Crippen LogP contribution >= 0.6 is 0 Å². The first-order valence-electron chi connectivity index (χ1n) is 14.8. The summed E-state index contributed by atoms with van der Waals surface area (Å²) in [6.07, 6.45) is -3.29. The Morgan fingerprint density at radius 2 is 0.895 bits per heavy atom. The summed E-state index contributed by atoms with van der Waals surface area (Å²) in [5, 5.41) is 28.0. The van der Waals surface area contributed by atoms with Crippen LogP contribution in [0, 0.1) is 0 Å². The molecule has 23 heteroatoms. The molecule has 0 aliphatic rings. The summed E-state index contributed by atoms with van der Waals surface area (Å²) >= 11 is 0. The van der Waals surface area contributed by atoms with E-state index in [9.17, 15) is 36.6 Å². The molecule has 0 amide bonds. The van der Waals surface area contributed by atoms with Gasteiger partial charge in [-0.15, -0.1) is 0 Å². The van der Waals surface area contributed by atoms with E-state index in [4.69, 9.17) is 17.5 Å². The molecule has 0 atom stereocenters. The zero-order chi connectivity index (χ0) is 38.8. The third-order valence-electron chi connectivity index (χ3n) is 6.93. The predicted molar refractivity (Wildman–Crippen MR) is 195 cm³/mol. The summed E-state index contributed by atoms with van der Waals surface area (Å²) in [6, 6.07) is 24.3. The van der Waals surface area contributed by atoms with Crippen LogP contribution in [0.15, 0.2) is 120 Å². The van der Waals surface area contributed by atoms with Crippen molar-refractivity contribution in [3.8, 4) is 11.5 Å². The molecule has 0 bridgehead atoms. The number of anilines is 2. The highest BCUT2D eigenvalue weighted by Gasteiger charge is 2.36. The Bertz CT molecular complexity index is 2230. The predicted octanol–water partition coefficient (Wildman–Crippen LogP) is 3.01. The number of hydrogen-bond donors (Lipinski definition) is 4. The van der Waals surface area contributed by atoms with Crippen LogP contribution in [-0.4, -0.2) is 62.1 Å². The number of H-pyrrole nitrogens is 2. The quantitative estimate of drug-likeness (QED) is 0.0634. The van der Waals surface area contributed by atoms with Crippen LogP contribution in [0.25, 0.3) is 21.8 Å². The molecule has 0 saturated heterocycles. The molecule has 57 heavy (non-hydrogen) atoms. The molecule has 0 saturated carbocycles. The zero-order valence-corrected chi connectivity index (χ0v) is 29.5. The summed E-state index contributed by atoms with van der Waals surface area (Å²) in [5.41, 5.74) is 5.72. The highest BCUT2D eigenvalue weighted by Crippen LogP contribution is 2.36. The minimum atomic E-state index is -5.17. The molecule has 6 rings (SSSR count). The van der Waals surface area contributed by atoms with Gasteiger partial charge in [-0.1, -0.05) is 36.4 Å². The van der Waals surface area contributed by atoms with Crippen LogP contribution in [0.1, 0.15) is 22.3 Å². The third-order valence-corrected chi connectivity index (χ3v) is 6.93. The topological polar surface area (TPSA) is 324 Å². The zero-order valence-electron chi connectivity index (χ0n) is 28.6. The molecular formula is C34H34F6N6O10S. The summed E-state index contributed by atoms with van der Waals surface area (Å²) in [6.45, 7) is 0. The number of halogens is 6. The van der Waals surface area contributed by atoms with Gasteiger partial charge in [-0.3, -0.25) is 19.3 Å². The Kier molecular flexibility index (Phi) is 19.1. The van der Waals surface area contributed by atoms with E-state index in [1.165, 1.54) is 49.1 Å². The van der Waals surface area contributed by atoms with Gasteiger partial charge in [-0.25, -0.2) is 9.97 Å². The first-order chi connectivity index (χ1) is 24.9. The summed E-state index contributed by atoms with van der Waals surface area (Å²) < 4.78 is 113. The van der Waals surface area contributed by atoms with Gasteiger partial charge in [0.15, 0.2) is 12.4 Å². The van der Waals surface area contributed by atoms with Crippen molar-refractivity contribution >= 4 is 56.0 Å². The van der Waals surface area contributed by atoms with E-state index in [1.807, 2.05) is 0 Å². The van der Waals surface area contributed by atoms with Crippen molar-refractivity contribution in [3.63, 3.8) is 0 Å². The van der Waals surface area contributed by atoms with Gasteiger partial charge in [-0.05, 0) is 48.5 Å². The maximum atomic E-state index is 13.1. The second-order valence-corrected chi connectivity index (χ2v) is 11.3. The van der Waals surface area contributed by atoms with Crippen LogP contribution in [0.4, 0.5) is 37.7 Å². The molecule has 0 fully saturated rings. The number of rotatable bonds is 6. The van der Waals surface area contributed by atoms with E-state index in [-0.39, 0.29) is 44.4 Å². The SMILES string of the molecule is O.O.O.O.O=S(=O)([O-])[O-].Oc1ccccc1/C=N/Nc1cc[nH+]c2c(C(F)(F)F)cccc12.Oc1ccccc1/C=N/Nc1cc[nH+]c2c(C(F)(F)F)cccc12. The molecule has 2 heterocycles. The third kappa shape index (κ3) is 14.6. The van der Waals surface area contributed by atoms with Crippen molar-refractivity contribution < 1.29 is 86.0 Å². The molecule has 0 radical (unpaired) electrons. The van der Waals surface area contributed by atoms with E-state index >= 15 is 0 Å². The van der Waals surface area contributed by atoms with Gasteiger partial charge in [0.05, 0.1) is 34.6 Å². The van der Waals surface area contributed by atoms with Crippen molar-refractivity contribution in [1.82, 2.24) is 0 Å². The minimum Gasteiger partial charge on any atom is -0.759 e. The number of pyridine rings is 2. The Morgan fingerprint density at radius 1 is 0.561 bits per heavy atom. The Balaban J connectivity index is 0.000000926. The lowest BCUT2D eigenvalue weighted by molar-refractivity contribution is -0.347. The average Bonchev–Trinajstić information content (AvgIpc) is 3.08. The van der Waals surface area contributed by atoms with E-state index < -0.39 is 33.9 Å². The summed E-state index contributed by atoms with van der Waals surface area (Å²) in [5.74, 6) is 0.127.